The van der Waals surface area contributed by atoms with Crippen molar-refractivity contribution < 1.29 is 48.1 Å². The van der Waals surface area contributed by atoms with E-state index in [1.165, 1.54) is 54.9 Å². The first-order chi connectivity index (χ1) is 23.6. The van der Waals surface area contributed by atoms with Crippen molar-refractivity contribution >= 4 is 27.0 Å². The van der Waals surface area contributed by atoms with Gasteiger partial charge in [-0.25, -0.2) is 0 Å². The molecule has 0 N–H and O–H groups in total. The molecule has 0 aliphatic heterocycles. The molecular formula is C46H40Cl2SiZr-2. The second-order valence-corrected chi connectivity index (χ2v) is 17.8. The zero-order chi connectivity index (χ0) is 33.1. The van der Waals surface area contributed by atoms with E-state index in [9.17, 15) is 0 Å². The molecule has 4 aliphatic carbocycles. The van der Waals surface area contributed by atoms with Crippen LogP contribution in [-0.4, -0.2) is 5.43 Å². The standard InChI is InChI=1S/2C17H15.C12H10Si.2ClH.Zr/c2*1-13-11-15-9-5-6-10-16(17(15)12-13)14-7-3-2-4-8-14;1-3-7-11(8-4-1)13-12-9-5-2-6-10-12;;;/h2*2-13H,1H3;1-10H;2*1H;/q2*-1;;;;+2/p-2. The molecule has 2 unspecified atom stereocenters. The molecule has 0 fully saturated rings. The van der Waals surface area contributed by atoms with Crippen molar-refractivity contribution in [2.24, 2.45) is 11.8 Å². The topological polar surface area (TPSA) is 0 Å². The molecule has 0 heterocycles. The van der Waals surface area contributed by atoms with Gasteiger partial charge in [0.1, 0.15) is 0 Å². The Morgan fingerprint density at radius 2 is 0.760 bits per heavy atom. The van der Waals surface area contributed by atoms with Crippen LogP contribution in [0.25, 0.3) is 11.1 Å². The SMILES string of the molecule is CC1C=C2C(=CC=CC=C2c2ccccc2)[CH-]1.CC1C=C2C(=CC=CC=C2c2ccccc2)[CH-]1.[Cl-].[Cl-].[Zr+2]=[Si](c1ccccc1)c1ccccc1. The fourth-order valence-corrected chi connectivity index (χ4v) is 10.1. The zero-order valence-corrected chi connectivity index (χ0v) is 33.4. The van der Waals surface area contributed by atoms with Crippen LogP contribution >= 0.6 is 0 Å². The van der Waals surface area contributed by atoms with Crippen LogP contribution in [0, 0.1) is 24.7 Å². The van der Waals surface area contributed by atoms with E-state index in [1.807, 2.05) is 0 Å². The fourth-order valence-electron chi connectivity index (χ4n) is 6.26. The van der Waals surface area contributed by atoms with Crippen molar-refractivity contribution in [2.45, 2.75) is 13.8 Å². The summed E-state index contributed by atoms with van der Waals surface area (Å²) in [5.41, 5.74) is 10.2. The molecule has 0 bridgehead atoms. The van der Waals surface area contributed by atoms with Crippen molar-refractivity contribution in [2.75, 3.05) is 0 Å². The third-order valence-corrected chi connectivity index (χ3v) is 14.6. The Labute approximate surface area is 326 Å². The average molecular weight is 783 g/mol. The van der Waals surface area contributed by atoms with E-state index in [4.69, 9.17) is 0 Å². The summed E-state index contributed by atoms with van der Waals surface area (Å²) in [5, 5.41) is 3.03. The summed E-state index contributed by atoms with van der Waals surface area (Å²) < 4.78 is 0. The summed E-state index contributed by atoms with van der Waals surface area (Å²) in [7, 11) is 0. The van der Waals surface area contributed by atoms with E-state index in [1.54, 1.807) is 23.3 Å². The maximum absolute atomic E-state index is 2.34. The first-order valence-corrected chi connectivity index (χ1v) is 21.9. The van der Waals surface area contributed by atoms with Gasteiger partial charge in [0.05, 0.1) is 0 Å². The predicted octanol–water partition coefficient (Wildman–Crippen LogP) is 4.04. The number of hydrogen-bond donors (Lipinski definition) is 0. The Bertz CT molecular complexity index is 1840. The average Bonchev–Trinajstić information content (AvgIpc) is 3.55. The van der Waals surface area contributed by atoms with Gasteiger partial charge in [0, 0.05) is 0 Å². The molecule has 4 heteroatoms. The van der Waals surface area contributed by atoms with E-state index < -0.39 is 5.43 Å². The zero-order valence-electron chi connectivity index (χ0n) is 28.4. The van der Waals surface area contributed by atoms with Crippen LogP contribution in [0.15, 0.2) is 204 Å². The number of allylic oxidation sites excluding steroid dienone is 16. The van der Waals surface area contributed by atoms with Crippen LogP contribution in [0.4, 0.5) is 0 Å². The van der Waals surface area contributed by atoms with E-state index in [0.29, 0.717) is 11.8 Å². The van der Waals surface area contributed by atoms with Gasteiger partial charge < -0.3 is 24.8 Å². The molecule has 4 aromatic carbocycles. The summed E-state index contributed by atoms with van der Waals surface area (Å²) in [6, 6.07) is 42.9. The van der Waals surface area contributed by atoms with Gasteiger partial charge in [-0.15, -0.1) is 35.5 Å². The van der Waals surface area contributed by atoms with E-state index >= 15 is 0 Å². The van der Waals surface area contributed by atoms with Crippen LogP contribution in [0.5, 0.6) is 0 Å². The summed E-state index contributed by atoms with van der Waals surface area (Å²) in [4.78, 5) is 0. The Morgan fingerprint density at radius 1 is 0.440 bits per heavy atom. The Balaban J connectivity index is 0.000000166. The van der Waals surface area contributed by atoms with Gasteiger partial charge in [-0.05, 0) is 11.1 Å². The quantitative estimate of drug-likeness (QED) is 0.217. The number of halogens is 2. The molecule has 0 aromatic heterocycles. The van der Waals surface area contributed by atoms with Gasteiger partial charge >= 0.3 is 99.8 Å². The Kier molecular flexibility index (Phi) is 15.3. The fraction of sp³-hybridized carbons (Fsp3) is 0.0870. The molecule has 2 atom stereocenters. The first kappa shape index (κ1) is 39.0. The number of rotatable bonds is 4. The van der Waals surface area contributed by atoms with E-state index in [-0.39, 0.29) is 24.8 Å². The number of benzene rings is 4. The van der Waals surface area contributed by atoms with Crippen LogP contribution in [0.2, 0.25) is 0 Å². The molecule has 8 rings (SSSR count). The number of hydrogen-bond acceptors (Lipinski definition) is 0. The van der Waals surface area contributed by atoms with E-state index in [0.717, 1.165) is 0 Å². The minimum atomic E-state index is -0.455. The Morgan fingerprint density at radius 3 is 1.12 bits per heavy atom. The van der Waals surface area contributed by atoms with Gasteiger partial charge in [0.15, 0.2) is 0 Å². The molecule has 0 spiro atoms. The van der Waals surface area contributed by atoms with Gasteiger partial charge in [-0.2, -0.15) is 36.1 Å². The normalized spacial score (nSPS) is 17.7. The summed E-state index contributed by atoms with van der Waals surface area (Å²) in [6.07, 6.45) is 26.6. The Hall–Kier alpha value is -3.78. The van der Waals surface area contributed by atoms with Crippen molar-refractivity contribution in [3.8, 4) is 0 Å². The molecule has 4 aliphatic rings. The van der Waals surface area contributed by atoms with Gasteiger partial charge in [0.25, 0.3) is 0 Å². The molecule has 0 amide bonds. The maximum atomic E-state index is 2.34. The molecule has 50 heavy (non-hydrogen) atoms. The molecule has 0 nitrogen and oxygen atoms in total. The molecule has 0 radical (unpaired) electrons. The monoisotopic (exact) mass is 780 g/mol. The van der Waals surface area contributed by atoms with Crippen molar-refractivity contribution in [1.29, 1.82) is 0 Å². The number of fused-ring (bicyclic) bond motifs is 2. The second-order valence-electron chi connectivity index (χ2n) is 12.2. The van der Waals surface area contributed by atoms with Crippen LogP contribution in [0.1, 0.15) is 25.0 Å². The summed E-state index contributed by atoms with van der Waals surface area (Å²) in [5.74, 6) is 1.07. The first-order valence-electron chi connectivity index (χ1n) is 16.7. The molecule has 0 saturated carbocycles. The predicted molar refractivity (Wildman–Crippen MR) is 204 cm³/mol. The summed E-state index contributed by atoms with van der Waals surface area (Å²) >= 11 is 1.64. The van der Waals surface area contributed by atoms with E-state index in [2.05, 4.69) is 209 Å². The van der Waals surface area contributed by atoms with Crippen molar-refractivity contribution in [1.82, 2.24) is 0 Å². The third kappa shape index (κ3) is 10.1. The van der Waals surface area contributed by atoms with Crippen molar-refractivity contribution in [3.63, 3.8) is 0 Å². The van der Waals surface area contributed by atoms with Crippen LogP contribution < -0.4 is 35.2 Å². The van der Waals surface area contributed by atoms with Crippen LogP contribution in [-0.2, 0) is 23.3 Å². The summed E-state index contributed by atoms with van der Waals surface area (Å²) in [6.45, 7) is 4.46. The van der Waals surface area contributed by atoms with Crippen molar-refractivity contribution in [3.05, 3.63) is 228 Å². The minimum absolute atomic E-state index is 0. The molecule has 0 saturated heterocycles. The van der Waals surface area contributed by atoms with Crippen LogP contribution in [0.3, 0.4) is 0 Å². The third-order valence-electron chi connectivity index (χ3n) is 8.54. The molecule has 4 aromatic rings. The van der Waals surface area contributed by atoms with Gasteiger partial charge in [-0.1, -0.05) is 122 Å². The molecule has 248 valence electrons. The molecular weight excluding hydrogens is 743 g/mol. The van der Waals surface area contributed by atoms with Gasteiger partial charge in [-0.3, -0.25) is 0 Å². The van der Waals surface area contributed by atoms with Gasteiger partial charge in [0.2, 0.25) is 0 Å². The second kappa shape index (κ2) is 19.6.